The number of carboxylic acid groups (broad SMARTS) is 1. The number of carbonyl (C=O) groups excluding carboxylic acids is 7. The maximum Gasteiger partial charge on any atom is 0.326 e. The molecule has 0 bridgehead atoms. The number of aliphatic carboxylic acids is 1. The van der Waals surface area contributed by atoms with Gasteiger partial charge in [-0.15, -0.1) is 0 Å². The predicted molar refractivity (Wildman–Crippen MR) is 234 cm³/mol. The quantitative estimate of drug-likeness (QED) is 0.0578. The van der Waals surface area contributed by atoms with Crippen molar-refractivity contribution in [3.8, 4) is 0 Å². The van der Waals surface area contributed by atoms with Crippen molar-refractivity contribution in [2.24, 2.45) is 22.4 Å². The molecule has 13 N–H and O–H groups in total. The van der Waals surface area contributed by atoms with Gasteiger partial charge in [-0.25, -0.2) is 9.59 Å². The Balaban J connectivity index is 2.01. The fourth-order valence-electron chi connectivity index (χ4n) is 6.74. The normalized spacial score (nSPS) is 21.4. The van der Waals surface area contributed by atoms with Gasteiger partial charge in [-0.3, -0.25) is 33.8 Å². The minimum Gasteiger partial charge on any atom is -0.480 e. The van der Waals surface area contributed by atoms with Crippen LogP contribution in [0.3, 0.4) is 0 Å². The van der Waals surface area contributed by atoms with Gasteiger partial charge in [-0.1, -0.05) is 80.9 Å². The van der Waals surface area contributed by atoms with E-state index in [9.17, 15) is 43.5 Å². The number of benzene rings is 2. The van der Waals surface area contributed by atoms with Crippen LogP contribution in [0.25, 0.3) is 0 Å². The maximum atomic E-state index is 14.2. The van der Waals surface area contributed by atoms with E-state index in [1.807, 2.05) is 37.3 Å². The lowest BCUT2D eigenvalue weighted by molar-refractivity contribution is -0.139. The first kappa shape index (κ1) is 50.6. The van der Waals surface area contributed by atoms with Crippen LogP contribution in [0.5, 0.6) is 0 Å². The SMILES string of the molecule is CC[C@H](C)[C@H]1NC(=O)[C@H](NC(=O)N[C@@H](CCCN=C(N)N)C(=O)O)CCCCNC(=O)[C@H](Cc2ccccc2)NC(=O)[C@@H](CC(=O)NC)NC(=O)[C@H](CCc2ccccc2)NC1=O. The van der Waals surface area contributed by atoms with Gasteiger partial charge in [0, 0.05) is 26.6 Å². The van der Waals surface area contributed by atoms with Gasteiger partial charge in [-0.2, -0.15) is 0 Å². The van der Waals surface area contributed by atoms with E-state index in [2.05, 4.69) is 47.5 Å². The van der Waals surface area contributed by atoms with Gasteiger partial charge in [0.15, 0.2) is 5.96 Å². The summed E-state index contributed by atoms with van der Waals surface area (Å²) in [6, 6.07) is 9.44. The molecule has 2 aromatic rings. The molecule has 0 aliphatic carbocycles. The molecular weight excluding hydrogens is 815 g/mol. The summed E-state index contributed by atoms with van der Waals surface area (Å²) in [5, 5.41) is 30.8. The molecule has 2 aromatic carbocycles. The first-order valence-electron chi connectivity index (χ1n) is 21.2. The van der Waals surface area contributed by atoms with Gasteiger partial charge in [0.05, 0.1) is 6.42 Å². The predicted octanol–water partition coefficient (Wildman–Crippen LogP) is -0.542. The van der Waals surface area contributed by atoms with Crippen LogP contribution in [-0.4, -0.2) is 115 Å². The Hall–Kier alpha value is -6.73. The van der Waals surface area contributed by atoms with Crippen LogP contribution in [0.4, 0.5) is 4.79 Å². The van der Waals surface area contributed by atoms with Crippen molar-refractivity contribution in [3.63, 3.8) is 0 Å². The first-order valence-corrected chi connectivity index (χ1v) is 21.2. The number of carbonyl (C=O) groups is 8. The van der Waals surface area contributed by atoms with Crippen molar-refractivity contribution in [1.82, 2.24) is 42.5 Å². The molecule has 8 amide bonds. The van der Waals surface area contributed by atoms with Crippen LogP contribution < -0.4 is 54.0 Å². The monoisotopic (exact) mass is 877 g/mol. The Morgan fingerprint density at radius 3 is 2.05 bits per heavy atom. The van der Waals surface area contributed by atoms with E-state index < -0.39 is 96.0 Å². The summed E-state index contributed by atoms with van der Waals surface area (Å²) in [5.74, 6) is -6.15. The molecule has 1 aliphatic heterocycles. The molecule has 3 rings (SSSR count). The Morgan fingerprint density at radius 1 is 0.810 bits per heavy atom. The molecule has 0 spiro atoms. The van der Waals surface area contributed by atoms with Gasteiger partial charge >= 0.3 is 12.0 Å². The maximum absolute atomic E-state index is 14.2. The highest BCUT2D eigenvalue weighted by Crippen LogP contribution is 2.14. The minimum atomic E-state index is -1.45. The van der Waals surface area contributed by atoms with E-state index in [4.69, 9.17) is 11.5 Å². The zero-order chi connectivity index (χ0) is 46.3. The molecule has 63 heavy (non-hydrogen) atoms. The third-order valence-electron chi connectivity index (χ3n) is 10.6. The number of urea groups is 1. The van der Waals surface area contributed by atoms with Crippen molar-refractivity contribution < 1.29 is 43.5 Å². The number of nitrogens with one attached hydrogen (secondary N) is 8. The Bertz CT molecular complexity index is 1880. The van der Waals surface area contributed by atoms with E-state index in [0.29, 0.717) is 19.3 Å². The molecule has 1 aliphatic rings. The molecule has 0 radical (unpaired) electrons. The number of rotatable bonds is 16. The second-order valence-electron chi connectivity index (χ2n) is 15.4. The molecule has 1 saturated heterocycles. The largest absolute Gasteiger partial charge is 0.480 e. The molecule has 20 nitrogen and oxygen atoms in total. The van der Waals surface area contributed by atoms with Gasteiger partial charge in [0.2, 0.25) is 35.4 Å². The zero-order valence-electron chi connectivity index (χ0n) is 36.1. The summed E-state index contributed by atoms with van der Waals surface area (Å²) >= 11 is 0. The zero-order valence-corrected chi connectivity index (χ0v) is 36.1. The third-order valence-corrected chi connectivity index (χ3v) is 10.6. The highest BCUT2D eigenvalue weighted by molar-refractivity contribution is 5.98. The second kappa shape index (κ2) is 26.6. The number of hydrogen-bond acceptors (Lipinski definition) is 9. The van der Waals surface area contributed by atoms with E-state index in [1.54, 1.807) is 37.3 Å². The number of guanidine groups is 1. The number of aryl methyl sites for hydroxylation is 1. The second-order valence-corrected chi connectivity index (χ2v) is 15.4. The molecule has 7 atom stereocenters. The standard InChI is InChI=1S/C43H63N11O9/c1-4-26(2)35-40(60)49-30(21-20-27-14-7-5-8-15-27)37(57)51-33(25-34(55)46-3)39(59)50-32(24-28-16-9-6-10-17-28)36(56)47-22-12-11-18-29(38(58)54-35)52-43(63)53-31(41(61)62)19-13-23-48-42(44)45/h5-10,14-17,26,29-33,35H,4,11-13,18-25H2,1-3H3,(H,46,55)(H,47,56)(H,49,60)(H,50,59)(H,51,57)(H,54,58)(H,61,62)(H4,44,45,48)(H2,52,53,63)/t26-,29+,30-,31-,32-,33+,35+/m0/s1. The molecule has 0 aromatic heterocycles. The third kappa shape index (κ3) is 18.0. The molecule has 0 unspecified atom stereocenters. The van der Waals surface area contributed by atoms with Crippen molar-refractivity contribution >= 4 is 53.4 Å². The number of hydrogen-bond donors (Lipinski definition) is 11. The van der Waals surface area contributed by atoms with Crippen LogP contribution in [0, 0.1) is 5.92 Å². The smallest absolute Gasteiger partial charge is 0.326 e. The summed E-state index contributed by atoms with van der Waals surface area (Å²) in [5.41, 5.74) is 12.3. The van der Waals surface area contributed by atoms with Crippen LogP contribution >= 0.6 is 0 Å². The molecular formula is C43H63N11O9. The van der Waals surface area contributed by atoms with Crippen molar-refractivity contribution in [2.45, 2.75) is 114 Å². The number of nitrogens with zero attached hydrogens (tertiary/aromatic N) is 1. The van der Waals surface area contributed by atoms with Gasteiger partial charge < -0.3 is 59.1 Å². The highest BCUT2D eigenvalue weighted by Gasteiger charge is 2.35. The van der Waals surface area contributed by atoms with Crippen LogP contribution in [-0.2, 0) is 46.4 Å². The lowest BCUT2D eigenvalue weighted by Crippen LogP contribution is -2.61. The van der Waals surface area contributed by atoms with Gasteiger partial charge in [0.1, 0.15) is 36.3 Å². The first-order chi connectivity index (χ1) is 30.1. The minimum absolute atomic E-state index is 0.0135. The number of amides is 8. The van der Waals surface area contributed by atoms with E-state index in [0.717, 1.165) is 11.1 Å². The lowest BCUT2D eigenvalue weighted by Gasteiger charge is -2.29. The van der Waals surface area contributed by atoms with Crippen LogP contribution in [0.2, 0.25) is 0 Å². The fourth-order valence-corrected chi connectivity index (χ4v) is 6.74. The lowest BCUT2D eigenvalue weighted by atomic mass is 9.96. The summed E-state index contributed by atoms with van der Waals surface area (Å²) in [6.45, 7) is 3.76. The van der Waals surface area contributed by atoms with Crippen LogP contribution in [0.15, 0.2) is 65.7 Å². The molecule has 1 fully saturated rings. The molecule has 344 valence electrons. The number of nitrogens with two attached hydrogens (primary N) is 2. The van der Waals surface area contributed by atoms with Gasteiger partial charge in [0.25, 0.3) is 0 Å². The van der Waals surface area contributed by atoms with E-state index in [1.165, 1.54) is 7.05 Å². The summed E-state index contributed by atoms with van der Waals surface area (Å²) in [7, 11) is 1.38. The number of aliphatic imine (C=N–C) groups is 1. The Labute approximate surface area is 367 Å². The summed E-state index contributed by atoms with van der Waals surface area (Å²) < 4.78 is 0. The Kier molecular flexibility index (Phi) is 21.4. The fraction of sp³-hybridized carbons (Fsp3) is 0.512. The molecule has 1 heterocycles. The van der Waals surface area contributed by atoms with Crippen molar-refractivity contribution in [3.05, 3.63) is 71.8 Å². The van der Waals surface area contributed by atoms with E-state index in [-0.39, 0.29) is 57.6 Å². The summed E-state index contributed by atoms with van der Waals surface area (Å²) in [4.78, 5) is 112. The van der Waals surface area contributed by atoms with Gasteiger partial charge in [-0.05, 0) is 62.0 Å². The van der Waals surface area contributed by atoms with Crippen LogP contribution in [0.1, 0.15) is 76.3 Å². The summed E-state index contributed by atoms with van der Waals surface area (Å²) in [6.07, 6.45) is 1.16. The van der Waals surface area contributed by atoms with E-state index >= 15 is 0 Å². The average molecular weight is 878 g/mol. The number of carboxylic acids is 1. The highest BCUT2D eigenvalue weighted by atomic mass is 16.4. The average Bonchev–Trinajstić information content (AvgIpc) is 3.26. The Morgan fingerprint density at radius 2 is 1.43 bits per heavy atom. The van der Waals surface area contributed by atoms with Crippen molar-refractivity contribution in [2.75, 3.05) is 20.1 Å². The van der Waals surface area contributed by atoms with Crippen molar-refractivity contribution in [1.29, 1.82) is 0 Å². The molecule has 20 heteroatoms. The topological polar surface area (TPSA) is 317 Å². The molecule has 0 saturated carbocycles.